The zero-order valence-corrected chi connectivity index (χ0v) is 15.5. The number of carbonyl (C=O) groups excluding carboxylic acids is 1. The van der Waals surface area contributed by atoms with E-state index >= 15 is 0 Å². The van der Waals surface area contributed by atoms with Gasteiger partial charge in [-0.1, -0.05) is 12.7 Å². The Morgan fingerprint density at radius 2 is 2.22 bits per heavy atom. The molecule has 0 radical (unpaired) electrons. The van der Waals surface area contributed by atoms with Crippen LogP contribution in [0.1, 0.15) is 25.1 Å². The van der Waals surface area contributed by atoms with E-state index in [1.807, 2.05) is 25.4 Å². The maximum absolute atomic E-state index is 11.4. The normalized spacial score (nSPS) is 16.4. The first kappa shape index (κ1) is 19.2. The van der Waals surface area contributed by atoms with Gasteiger partial charge in [-0.25, -0.2) is 4.79 Å². The van der Waals surface area contributed by atoms with E-state index in [1.54, 1.807) is 6.92 Å². The second kappa shape index (κ2) is 8.67. The number of aryl methyl sites for hydroxylation is 1. The number of aromatic nitrogens is 1. The molecule has 1 aliphatic rings. The minimum Gasteiger partial charge on any atom is -0.460 e. The number of nitrogens with zero attached hydrogens (tertiary/aromatic N) is 2. The van der Waals surface area contributed by atoms with Gasteiger partial charge in [-0.15, -0.1) is 17.0 Å². The third kappa shape index (κ3) is 5.36. The summed E-state index contributed by atoms with van der Waals surface area (Å²) in [7, 11) is 0. The van der Waals surface area contributed by atoms with Crippen molar-refractivity contribution in [1.82, 2.24) is 9.88 Å². The van der Waals surface area contributed by atoms with Crippen LogP contribution in [0.4, 0.5) is 0 Å². The quantitative estimate of drug-likeness (QED) is 0.578. The molecule has 0 bridgehead atoms. The van der Waals surface area contributed by atoms with Gasteiger partial charge in [0.2, 0.25) is 0 Å². The molecule has 1 atom stereocenters. The van der Waals surface area contributed by atoms with Gasteiger partial charge >= 0.3 is 5.97 Å². The Labute approximate surface area is 148 Å². The van der Waals surface area contributed by atoms with Crippen molar-refractivity contribution in [2.75, 3.05) is 13.2 Å². The zero-order valence-electron chi connectivity index (χ0n) is 13.8. The van der Waals surface area contributed by atoms with E-state index in [2.05, 4.69) is 41.6 Å². The van der Waals surface area contributed by atoms with Crippen LogP contribution in [-0.4, -0.2) is 35.0 Å². The fraction of sp³-hybridized carbons (Fsp3) is 0.333. The lowest BCUT2D eigenvalue weighted by Gasteiger charge is -2.29. The average Bonchev–Trinajstić information content (AvgIpc) is 2.48. The zero-order chi connectivity index (χ0) is 16.1. The maximum Gasteiger partial charge on any atom is 0.333 e. The number of carbonyl (C=O) groups is 1. The third-order valence-corrected chi connectivity index (χ3v) is 3.55. The molecule has 0 fully saturated rings. The lowest BCUT2D eigenvalue weighted by atomic mass is 10.0. The summed E-state index contributed by atoms with van der Waals surface area (Å²) in [6.45, 7) is 10.4. The first-order chi connectivity index (χ1) is 10.5. The molecular formula is C18H23BrN2O2. The molecule has 1 unspecified atom stereocenters. The van der Waals surface area contributed by atoms with Crippen molar-refractivity contribution < 1.29 is 9.53 Å². The smallest absolute Gasteiger partial charge is 0.333 e. The second-order valence-corrected chi connectivity index (χ2v) is 5.52. The van der Waals surface area contributed by atoms with Gasteiger partial charge in [0, 0.05) is 29.7 Å². The molecule has 2 heterocycles. The molecule has 4 nitrogen and oxygen atoms in total. The lowest BCUT2D eigenvalue weighted by Crippen LogP contribution is -2.32. The van der Waals surface area contributed by atoms with Crippen molar-refractivity contribution in [1.29, 1.82) is 0 Å². The molecule has 0 aliphatic carbocycles. The van der Waals surface area contributed by atoms with Gasteiger partial charge in [0.05, 0.1) is 6.54 Å². The van der Waals surface area contributed by atoms with Crippen LogP contribution in [-0.2, 0) is 9.53 Å². The molecule has 0 saturated heterocycles. The highest BCUT2D eigenvalue weighted by molar-refractivity contribution is 8.93. The van der Waals surface area contributed by atoms with E-state index in [0.29, 0.717) is 18.7 Å². The Morgan fingerprint density at radius 1 is 1.48 bits per heavy atom. The summed E-state index contributed by atoms with van der Waals surface area (Å²) in [4.78, 5) is 17.7. The standard InChI is InChI=1S/C18H22N2O2.BrH/c1-13(2)18(21)22-10-9-20-8-6-17(12-15(20)4)16-5-7-19-14(3)11-16;/h5-8,11-12,15H,1,9-10H2,2-4H3;1H. The van der Waals surface area contributed by atoms with Crippen LogP contribution in [0.15, 0.2) is 48.8 Å². The van der Waals surface area contributed by atoms with Crippen LogP contribution in [0.2, 0.25) is 0 Å². The third-order valence-electron chi connectivity index (χ3n) is 3.55. The molecule has 1 aromatic rings. The van der Waals surface area contributed by atoms with Gasteiger partial charge in [0.1, 0.15) is 6.61 Å². The predicted molar refractivity (Wildman–Crippen MR) is 98.4 cm³/mol. The molecule has 0 aromatic carbocycles. The number of rotatable bonds is 5. The van der Waals surface area contributed by atoms with E-state index < -0.39 is 0 Å². The van der Waals surface area contributed by atoms with Crippen molar-refractivity contribution in [2.24, 2.45) is 0 Å². The summed E-state index contributed by atoms with van der Waals surface area (Å²) < 4.78 is 5.14. The van der Waals surface area contributed by atoms with Gasteiger partial charge in [-0.3, -0.25) is 4.98 Å². The molecule has 124 valence electrons. The second-order valence-electron chi connectivity index (χ2n) is 5.52. The summed E-state index contributed by atoms with van der Waals surface area (Å²) in [5, 5.41) is 0. The average molecular weight is 379 g/mol. The van der Waals surface area contributed by atoms with Crippen molar-refractivity contribution in [3.63, 3.8) is 0 Å². The van der Waals surface area contributed by atoms with E-state index in [9.17, 15) is 4.79 Å². The van der Waals surface area contributed by atoms with Gasteiger partial charge in [-0.05, 0) is 50.1 Å². The summed E-state index contributed by atoms with van der Waals surface area (Å²) in [5.41, 5.74) is 3.79. The predicted octanol–water partition coefficient (Wildman–Crippen LogP) is 3.69. The Balaban J connectivity index is 0.00000264. The van der Waals surface area contributed by atoms with Crippen molar-refractivity contribution in [3.05, 3.63) is 60.1 Å². The van der Waals surface area contributed by atoms with E-state index in [-0.39, 0.29) is 29.0 Å². The van der Waals surface area contributed by atoms with E-state index in [1.165, 1.54) is 11.1 Å². The van der Waals surface area contributed by atoms with Crippen LogP contribution >= 0.6 is 17.0 Å². The number of hydrogen-bond donors (Lipinski definition) is 0. The van der Waals surface area contributed by atoms with E-state index in [4.69, 9.17) is 4.74 Å². The highest BCUT2D eigenvalue weighted by Gasteiger charge is 2.14. The molecule has 0 saturated carbocycles. The molecule has 2 rings (SSSR count). The first-order valence-electron chi connectivity index (χ1n) is 7.39. The van der Waals surface area contributed by atoms with Gasteiger partial charge < -0.3 is 9.64 Å². The molecule has 1 aromatic heterocycles. The topological polar surface area (TPSA) is 42.4 Å². The van der Waals surface area contributed by atoms with Crippen LogP contribution in [0, 0.1) is 6.92 Å². The number of allylic oxidation sites excluding steroid dienone is 2. The number of ether oxygens (including phenoxy) is 1. The number of hydrogen-bond acceptors (Lipinski definition) is 4. The Hall–Kier alpha value is -1.88. The van der Waals surface area contributed by atoms with Gasteiger partial charge in [-0.2, -0.15) is 0 Å². The monoisotopic (exact) mass is 378 g/mol. The van der Waals surface area contributed by atoms with Gasteiger partial charge in [0.15, 0.2) is 0 Å². The molecule has 0 spiro atoms. The molecule has 23 heavy (non-hydrogen) atoms. The Kier molecular flexibility index (Phi) is 7.23. The Morgan fingerprint density at radius 3 is 2.83 bits per heavy atom. The fourth-order valence-electron chi connectivity index (χ4n) is 2.29. The summed E-state index contributed by atoms with van der Waals surface area (Å²) in [6.07, 6.45) is 8.16. The molecule has 0 N–H and O–H groups in total. The van der Waals surface area contributed by atoms with Crippen molar-refractivity contribution in [2.45, 2.75) is 26.8 Å². The number of pyridine rings is 1. The molecule has 0 amide bonds. The first-order valence-corrected chi connectivity index (χ1v) is 7.39. The molecule has 1 aliphatic heterocycles. The Bertz CT molecular complexity index is 638. The summed E-state index contributed by atoms with van der Waals surface area (Å²) >= 11 is 0. The van der Waals surface area contributed by atoms with Crippen LogP contribution in [0.25, 0.3) is 5.57 Å². The summed E-state index contributed by atoms with van der Waals surface area (Å²) in [5.74, 6) is -0.336. The van der Waals surface area contributed by atoms with E-state index in [0.717, 1.165) is 5.69 Å². The van der Waals surface area contributed by atoms with Crippen LogP contribution < -0.4 is 0 Å². The van der Waals surface area contributed by atoms with Crippen LogP contribution in [0.3, 0.4) is 0 Å². The summed E-state index contributed by atoms with van der Waals surface area (Å²) in [6, 6.07) is 4.34. The molecular weight excluding hydrogens is 356 g/mol. The lowest BCUT2D eigenvalue weighted by molar-refractivity contribution is -0.139. The SMILES string of the molecule is Br.C=C(C)C(=O)OCCN1C=CC(c2ccnc(C)c2)=CC1C. The highest BCUT2D eigenvalue weighted by Crippen LogP contribution is 2.22. The largest absolute Gasteiger partial charge is 0.460 e. The maximum atomic E-state index is 11.4. The van der Waals surface area contributed by atoms with Crippen molar-refractivity contribution in [3.8, 4) is 0 Å². The minimum absolute atomic E-state index is 0. The van der Waals surface area contributed by atoms with Crippen LogP contribution in [0.5, 0.6) is 0 Å². The van der Waals surface area contributed by atoms with Gasteiger partial charge in [0.25, 0.3) is 0 Å². The van der Waals surface area contributed by atoms with Crippen molar-refractivity contribution >= 4 is 28.5 Å². The number of esters is 1. The minimum atomic E-state index is -0.336. The highest BCUT2D eigenvalue weighted by atomic mass is 79.9. The fourth-order valence-corrected chi connectivity index (χ4v) is 2.29. The number of halogens is 1. The molecule has 5 heteroatoms.